The van der Waals surface area contributed by atoms with Crippen molar-refractivity contribution < 1.29 is 27.6 Å². The van der Waals surface area contributed by atoms with Crippen molar-refractivity contribution in [1.29, 1.82) is 0 Å². The van der Waals surface area contributed by atoms with Gasteiger partial charge in [-0.15, -0.1) is 0 Å². The van der Waals surface area contributed by atoms with E-state index < -0.39 is 24.9 Å². The summed E-state index contributed by atoms with van der Waals surface area (Å²) in [7, 11) is 1.64. The van der Waals surface area contributed by atoms with Crippen molar-refractivity contribution in [2.45, 2.75) is 45.2 Å². The van der Waals surface area contributed by atoms with Crippen molar-refractivity contribution in [3.05, 3.63) is 65.3 Å². The van der Waals surface area contributed by atoms with Crippen LogP contribution in [-0.4, -0.2) is 96.6 Å². The quantitative estimate of drug-likeness (QED) is 0.389. The van der Waals surface area contributed by atoms with Gasteiger partial charge in [0.15, 0.2) is 0 Å². The van der Waals surface area contributed by atoms with Gasteiger partial charge in [-0.2, -0.15) is 13.2 Å². The van der Waals surface area contributed by atoms with Crippen molar-refractivity contribution in [3.63, 3.8) is 0 Å². The number of nitrogens with zero attached hydrogens (tertiary/aromatic N) is 5. The number of nitrogens with one attached hydrogen (secondary N) is 1. The first-order chi connectivity index (χ1) is 20.9. The Hall–Kier alpha value is -4.22. The number of likely N-dealkylation sites (tertiary alicyclic amines) is 2. The smallest absolute Gasteiger partial charge is 0.341 e. The lowest BCUT2D eigenvalue weighted by Crippen LogP contribution is -2.73. The first-order valence-electron chi connectivity index (χ1n) is 14.8. The molecule has 1 N–H and O–H groups in total. The Morgan fingerprint density at radius 1 is 1.00 bits per heavy atom. The molecule has 0 saturated carbocycles. The van der Waals surface area contributed by atoms with Gasteiger partial charge in [0.1, 0.15) is 0 Å². The van der Waals surface area contributed by atoms with Crippen LogP contribution in [0.25, 0.3) is 0 Å². The molecule has 2 fully saturated rings. The van der Waals surface area contributed by atoms with E-state index in [0.29, 0.717) is 57.1 Å². The van der Waals surface area contributed by atoms with Crippen LogP contribution in [0.1, 0.15) is 49.4 Å². The zero-order valence-electron chi connectivity index (χ0n) is 25.0. The lowest BCUT2D eigenvalue weighted by Gasteiger charge is -2.60. The molecule has 9 nitrogen and oxygen atoms in total. The van der Waals surface area contributed by atoms with E-state index >= 15 is 0 Å². The predicted octanol–water partition coefficient (Wildman–Crippen LogP) is 4.61. The van der Waals surface area contributed by atoms with E-state index in [1.165, 1.54) is 4.90 Å². The van der Waals surface area contributed by atoms with E-state index in [0.717, 1.165) is 29.0 Å². The van der Waals surface area contributed by atoms with E-state index in [2.05, 4.69) is 16.4 Å². The summed E-state index contributed by atoms with van der Waals surface area (Å²) < 4.78 is 37.7. The molecule has 4 aliphatic rings. The minimum Gasteiger partial charge on any atom is -0.341 e. The highest BCUT2D eigenvalue weighted by Gasteiger charge is 2.53. The molecule has 44 heavy (non-hydrogen) atoms. The maximum atomic E-state index is 13.0. The maximum Gasteiger partial charge on any atom is 0.389 e. The fourth-order valence-electron chi connectivity index (χ4n) is 6.03. The number of hydrogen-bond donors (Lipinski definition) is 1. The highest BCUT2D eigenvalue weighted by molar-refractivity contribution is 6.12. The summed E-state index contributed by atoms with van der Waals surface area (Å²) in [5.74, 6) is -0.0538. The van der Waals surface area contributed by atoms with Crippen LogP contribution in [0.5, 0.6) is 0 Å². The zero-order chi connectivity index (χ0) is 31.5. The fourth-order valence-corrected chi connectivity index (χ4v) is 6.03. The van der Waals surface area contributed by atoms with E-state index in [4.69, 9.17) is 4.99 Å². The summed E-state index contributed by atoms with van der Waals surface area (Å²) in [6, 6.07) is 7.17. The summed E-state index contributed by atoms with van der Waals surface area (Å²) in [5.41, 5.74) is 4.11. The number of carbonyl (C=O) groups excluding carboxylic acids is 3. The Bertz CT molecular complexity index is 1440. The number of benzene rings is 1. The van der Waals surface area contributed by atoms with E-state index in [9.17, 15) is 27.6 Å². The first kappa shape index (κ1) is 31.2. The molecule has 0 bridgehead atoms. The van der Waals surface area contributed by atoms with Gasteiger partial charge >= 0.3 is 6.18 Å². The standard InChI is InChI=1S/C32H37F3N6O3/c1-22(42)40-18-31(19-40)20-41(21-31)29(44)24-8-10-25(11-9-24)37-30(36-2)38-27-7-5-3-4-6-26(27)23-13-16-39(17-14-23)28(43)12-15-32(33,34)35/h3-4,6,8-11,13H,5,7,12,14-21H2,1-2H3,(H,36,37). The van der Waals surface area contributed by atoms with E-state index in [1.807, 2.05) is 35.3 Å². The molecule has 3 amide bonds. The number of carbonyl (C=O) groups is 3. The number of guanidine groups is 1. The second-order valence-corrected chi connectivity index (χ2v) is 11.8. The van der Waals surface area contributed by atoms with Crippen molar-refractivity contribution in [3.8, 4) is 0 Å². The Balaban J connectivity index is 1.19. The minimum atomic E-state index is -4.35. The molecule has 234 valence electrons. The molecule has 3 heterocycles. The van der Waals surface area contributed by atoms with E-state index in [-0.39, 0.29) is 23.8 Å². The molecule has 5 rings (SSSR count). The molecule has 1 aliphatic carbocycles. The third kappa shape index (κ3) is 7.28. The van der Waals surface area contributed by atoms with Gasteiger partial charge in [-0.1, -0.05) is 24.3 Å². The minimum absolute atomic E-state index is 0.0322. The number of anilines is 1. The van der Waals surface area contributed by atoms with Gasteiger partial charge in [0, 0.05) is 76.3 Å². The zero-order valence-corrected chi connectivity index (χ0v) is 25.0. The van der Waals surface area contributed by atoms with Gasteiger partial charge in [0.25, 0.3) is 5.91 Å². The number of aliphatic imine (C=N–C) groups is 2. The number of amides is 3. The number of hydrogen-bond acceptors (Lipinski definition) is 4. The third-order valence-corrected chi connectivity index (χ3v) is 8.47. The summed E-state index contributed by atoms with van der Waals surface area (Å²) >= 11 is 0. The van der Waals surface area contributed by atoms with Crippen LogP contribution in [0.3, 0.4) is 0 Å². The molecule has 2 saturated heterocycles. The summed E-state index contributed by atoms with van der Waals surface area (Å²) in [6.07, 6.45) is 3.86. The summed E-state index contributed by atoms with van der Waals surface area (Å²) in [4.78, 5) is 51.0. The fraction of sp³-hybridized carbons (Fsp3) is 0.469. The van der Waals surface area contributed by atoms with Crippen LogP contribution >= 0.6 is 0 Å². The normalized spacial score (nSPS) is 20.9. The molecule has 12 heteroatoms. The predicted molar refractivity (Wildman–Crippen MR) is 162 cm³/mol. The van der Waals surface area contributed by atoms with Crippen LogP contribution in [0, 0.1) is 5.41 Å². The number of halogens is 3. The number of rotatable bonds is 5. The lowest BCUT2D eigenvalue weighted by atomic mass is 9.72. The second-order valence-electron chi connectivity index (χ2n) is 11.8. The molecule has 0 aromatic heterocycles. The molecule has 0 radical (unpaired) electrons. The Morgan fingerprint density at radius 3 is 2.32 bits per heavy atom. The monoisotopic (exact) mass is 610 g/mol. The highest BCUT2D eigenvalue weighted by atomic mass is 19.4. The molecule has 3 aliphatic heterocycles. The Morgan fingerprint density at radius 2 is 1.70 bits per heavy atom. The number of allylic oxidation sites excluding steroid dienone is 4. The van der Waals surface area contributed by atoms with Gasteiger partial charge in [0.05, 0.1) is 12.1 Å². The average molecular weight is 611 g/mol. The van der Waals surface area contributed by atoms with Gasteiger partial charge in [-0.25, -0.2) is 4.99 Å². The molecule has 1 aromatic rings. The van der Waals surface area contributed by atoms with Crippen molar-refractivity contribution in [1.82, 2.24) is 14.7 Å². The van der Waals surface area contributed by atoms with Crippen molar-refractivity contribution >= 4 is 35.1 Å². The Labute approximate surface area is 254 Å². The van der Waals surface area contributed by atoms with Crippen molar-refractivity contribution in [2.24, 2.45) is 15.4 Å². The van der Waals surface area contributed by atoms with Gasteiger partial charge in [-0.05, 0) is 54.7 Å². The molecule has 0 atom stereocenters. The molecular weight excluding hydrogens is 573 g/mol. The SMILES string of the molecule is CN=C(N=C1CCC=CC=C1C1=CCN(C(=O)CCC(F)(F)F)CC1)Nc1ccc(C(=O)N2CC3(CN(C(C)=O)C3)C2)cc1. The van der Waals surface area contributed by atoms with Crippen LogP contribution in [0.4, 0.5) is 18.9 Å². The largest absolute Gasteiger partial charge is 0.389 e. The van der Waals surface area contributed by atoms with Gasteiger partial charge in [0.2, 0.25) is 17.8 Å². The van der Waals surface area contributed by atoms with Gasteiger partial charge in [-0.3, -0.25) is 19.4 Å². The second kappa shape index (κ2) is 12.8. The molecule has 1 aromatic carbocycles. The molecule has 0 unspecified atom stereocenters. The molecular formula is C32H37F3N6O3. The van der Waals surface area contributed by atoms with Crippen LogP contribution in [0.2, 0.25) is 0 Å². The lowest BCUT2D eigenvalue weighted by molar-refractivity contribution is -0.152. The first-order valence-corrected chi connectivity index (χ1v) is 14.8. The van der Waals surface area contributed by atoms with Crippen LogP contribution in [-0.2, 0) is 9.59 Å². The van der Waals surface area contributed by atoms with Crippen LogP contribution < -0.4 is 5.32 Å². The third-order valence-electron chi connectivity index (χ3n) is 8.47. The van der Waals surface area contributed by atoms with Crippen molar-refractivity contribution in [2.75, 3.05) is 51.6 Å². The summed E-state index contributed by atoms with van der Waals surface area (Å²) in [6.45, 7) is 4.92. The molecule has 1 spiro atoms. The van der Waals surface area contributed by atoms with Crippen LogP contribution in [0.15, 0.2) is 69.7 Å². The maximum absolute atomic E-state index is 13.0. The average Bonchev–Trinajstić information content (AvgIpc) is 3.19. The van der Waals surface area contributed by atoms with Gasteiger partial charge < -0.3 is 20.0 Å². The highest BCUT2D eigenvalue weighted by Crippen LogP contribution is 2.40. The number of alkyl halides is 3. The topological polar surface area (TPSA) is 97.7 Å². The Kier molecular flexibility index (Phi) is 9.07. The summed E-state index contributed by atoms with van der Waals surface area (Å²) in [5, 5.41) is 3.23. The van der Waals surface area contributed by atoms with E-state index in [1.54, 1.807) is 31.0 Å².